The third-order valence-electron chi connectivity index (χ3n) is 3.53. The third kappa shape index (κ3) is 3.88. The predicted octanol–water partition coefficient (Wildman–Crippen LogP) is 3.05. The van der Waals surface area contributed by atoms with E-state index in [9.17, 15) is 4.79 Å². The quantitative estimate of drug-likeness (QED) is 0.829. The number of nitrogens with zero attached hydrogens (tertiary/aromatic N) is 2. The van der Waals surface area contributed by atoms with Crippen LogP contribution in [0.3, 0.4) is 0 Å². The van der Waals surface area contributed by atoms with E-state index in [1.807, 2.05) is 38.1 Å². The summed E-state index contributed by atoms with van der Waals surface area (Å²) < 4.78 is 5.17. The standard InChI is InChI=1S/C16H19N3O2S/c1-10-3-7-13(8-4-10)22-11(2)15(20)17-9-14-18-16(21-19-14)12-5-6-12/h3-4,7-8,11-12H,5-6,9H2,1-2H3,(H,17,20)/t11-/m1/s1. The van der Waals surface area contributed by atoms with E-state index in [4.69, 9.17) is 4.52 Å². The summed E-state index contributed by atoms with van der Waals surface area (Å²) in [6, 6.07) is 8.16. The van der Waals surface area contributed by atoms with Crippen LogP contribution in [0.1, 0.15) is 43.0 Å². The Hall–Kier alpha value is -1.82. The molecule has 0 saturated heterocycles. The average molecular weight is 317 g/mol. The Kier molecular flexibility index (Phi) is 4.47. The Balaban J connectivity index is 1.48. The molecule has 5 nitrogen and oxygen atoms in total. The Morgan fingerprint density at radius 2 is 2.14 bits per heavy atom. The zero-order valence-corrected chi connectivity index (χ0v) is 13.5. The van der Waals surface area contributed by atoms with Gasteiger partial charge in [-0.05, 0) is 38.8 Å². The van der Waals surface area contributed by atoms with Crippen molar-refractivity contribution in [3.63, 3.8) is 0 Å². The van der Waals surface area contributed by atoms with Gasteiger partial charge in [-0.15, -0.1) is 11.8 Å². The molecule has 116 valence electrons. The van der Waals surface area contributed by atoms with Gasteiger partial charge in [0.1, 0.15) is 0 Å². The molecule has 2 aromatic rings. The van der Waals surface area contributed by atoms with Crippen LogP contribution in [-0.4, -0.2) is 21.3 Å². The lowest BCUT2D eigenvalue weighted by Gasteiger charge is -2.11. The van der Waals surface area contributed by atoms with Crippen molar-refractivity contribution >= 4 is 17.7 Å². The van der Waals surface area contributed by atoms with E-state index in [-0.39, 0.29) is 11.2 Å². The Labute approximate surface area is 133 Å². The first-order valence-electron chi connectivity index (χ1n) is 7.45. The Morgan fingerprint density at radius 3 is 2.82 bits per heavy atom. The molecule has 1 amide bonds. The van der Waals surface area contributed by atoms with E-state index in [1.165, 1.54) is 17.3 Å². The fourth-order valence-electron chi connectivity index (χ4n) is 2.02. The third-order valence-corrected chi connectivity index (χ3v) is 4.65. The molecule has 0 unspecified atom stereocenters. The van der Waals surface area contributed by atoms with Crippen molar-refractivity contribution in [1.82, 2.24) is 15.5 Å². The number of amides is 1. The Morgan fingerprint density at radius 1 is 1.41 bits per heavy atom. The second-order valence-corrected chi connectivity index (χ2v) is 7.03. The minimum absolute atomic E-state index is 0.0247. The van der Waals surface area contributed by atoms with Crippen LogP contribution in [0.2, 0.25) is 0 Å². The van der Waals surface area contributed by atoms with Crippen LogP contribution in [0.15, 0.2) is 33.7 Å². The number of aromatic nitrogens is 2. The van der Waals surface area contributed by atoms with Gasteiger partial charge in [0, 0.05) is 10.8 Å². The summed E-state index contributed by atoms with van der Waals surface area (Å²) in [6.07, 6.45) is 2.25. The lowest BCUT2D eigenvalue weighted by atomic mass is 10.2. The maximum absolute atomic E-state index is 12.1. The molecule has 6 heteroatoms. The number of hydrogen-bond donors (Lipinski definition) is 1. The molecule has 1 atom stereocenters. The van der Waals surface area contributed by atoms with Crippen LogP contribution in [-0.2, 0) is 11.3 Å². The van der Waals surface area contributed by atoms with Crippen molar-refractivity contribution in [2.24, 2.45) is 0 Å². The lowest BCUT2D eigenvalue weighted by Crippen LogP contribution is -2.30. The largest absolute Gasteiger partial charge is 0.348 e. The van der Waals surface area contributed by atoms with Crippen molar-refractivity contribution in [2.45, 2.75) is 49.3 Å². The summed E-state index contributed by atoms with van der Waals surface area (Å²) in [6.45, 7) is 4.25. The van der Waals surface area contributed by atoms with Gasteiger partial charge in [0.15, 0.2) is 5.82 Å². The molecular weight excluding hydrogens is 298 g/mol. The van der Waals surface area contributed by atoms with Crippen LogP contribution < -0.4 is 5.32 Å². The SMILES string of the molecule is Cc1ccc(S[C@H](C)C(=O)NCc2noc(C3CC3)n2)cc1. The van der Waals surface area contributed by atoms with E-state index in [2.05, 4.69) is 15.5 Å². The molecular formula is C16H19N3O2S. The van der Waals surface area contributed by atoms with Crippen molar-refractivity contribution in [3.8, 4) is 0 Å². The van der Waals surface area contributed by atoms with Gasteiger partial charge in [0.25, 0.3) is 0 Å². The molecule has 1 aromatic heterocycles. The normalized spacial score (nSPS) is 15.5. The summed E-state index contributed by atoms with van der Waals surface area (Å²) in [5.74, 6) is 1.66. The molecule has 3 rings (SSSR count). The number of nitrogens with one attached hydrogen (secondary N) is 1. The monoisotopic (exact) mass is 317 g/mol. The van der Waals surface area contributed by atoms with Gasteiger partial charge in [-0.3, -0.25) is 4.79 Å². The molecule has 0 spiro atoms. The van der Waals surface area contributed by atoms with Crippen LogP contribution in [0.4, 0.5) is 0 Å². The molecule has 1 aliphatic carbocycles. The van der Waals surface area contributed by atoms with E-state index in [1.54, 1.807) is 0 Å². The number of thioether (sulfide) groups is 1. The molecule has 0 bridgehead atoms. The smallest absolute Gasteiger partial charge is 0.233 e. The molecule has 1 aromatic carbocycles. The molecule has 0 aliphatic heterocycles. The van der Waals surface area contributed by atoms with Crippen molar-refractivity contribution in [3.05, 3.63) is 41.5 Å². The minimum atomic E-state index is -0.169. The zero-order valence-electron chi connectivity index (χ0n) is 12.7. The summed E-state index contributed by atoms with van der Waals surface area (Å²) in [7, 11) is 0. The topological polar surface area (TPSA) is 68.0 Å². The van der Waals surface area contributed by atoms with Gasteiger partial charge in [-0.2, -0.15) is 4.98 Å². The van der Waals surface area contributed by atoms with Crippen LogP contribution in [0.25, 0.3) is 0 Å². The highest BCUT2D eigenvalue weighted by atomic mass is 32.2. The second kappa shape index (κ2) is 6.52. The number of benzene rings is 1. The zero-order chi connectivity index (χ0) is 15.5. The number of carbonyl (C=O) groups is 1. The van der Waals surface area contributed by atoms with Gasteiger partial charge >= 0.3 is 0 Å². The number of hydrogen-bond acceptors (Lipinski definition) is 5. The van der Waals surface area contributed by atoms with Crippen LogP contribution in [0, 0.1) is 6.92 Å². The fraction of sp³-hybridized carbons (Fsp3) is 0.438. The predicted molar refractivity (Wildman–Crippen MR) is 84.6 cm³/mol. The molecule has 1 aliphatic rings. The number of carbonyl (C=O) groups excluding carboxylic acids is 1. The summed E-state index contributed by atoms with van der Waals surface area (Å²) in [4.78, 5) is 17.5. The van der Waals surface area contributed by atoms with Crippen molar-refractivity contribution in [1.29, 1.82) is 0 Å². The van der Waals surface area contributed by atoms with Crippen molar-refractivity contribution < 1.29 is 9.32 Å². The maximum Gasteiger partial charge on any atom is 0.233 e. The molecule has 22 heavy (non-hydrogen) atoms. The molecule has 1 fully saturated rings. The van der Waals surface area contributed by atoms with Gasteiger partial charge in [-0.25, -0.2) is 0 Å². The highest BCUT2D eigenvalue weighted by Gasteiger charge is 2.29. The average Bonchev–Trinajstić information content (AvgIpc) is 3.26. The highest BCUT2D eigenvalue weighted by Crippen LogP contribution is 2.38. The number of rotatable bonds is 6. The van der Waals surface area contributed by atoms with E-state index in [0.29, 0.717) is 24.2 Å². The molecule has 1 N–H and O–H groups in total. The van der Waals surface area contributed by atoms with Gasteiger partial charge in [0.2, 0.25) is 11.8 Å². The summed E-state index contributed by atoms with van der Waals surface area (Å²) >= 11 is 1.54. The van der Waals surface area contributed by atoms with E-state index < -0.39 is 0 Å². The highest BCUT2D eigenvalue weighted by molar-refractivity contribution is 8.00. The Bertz CT molecular complexity index is 650. The minimum Gasteiger partial charge on any atom is -0.348 e. The lowest BCUT2D eigenvalue weighted by molar-refractivity contribution is -0.120. The maximum atomic E-state index is 12.1. The van der Waals surface area contributed by atoms with Gasteiger partial charge in [0.05, 0.1) is 11.8 Å². The molecule has 0 radical (unpaired) electrons. The van der Waals surface area contributed by atoms with E-state index in [0.717, 1.165) is 17.7 Å². The first kappa shape index (κ1) is 15.1. The van der Waals surface area contributed by atoms with Crippen LogP contribution in [0.5, 0.6) is 0 Å². The summed E-state index contributed by atoms with van der Waals surface area (Å²) in [5.41, 5.74) is 1.21. The van der Waals surface area contributed by atoms with Crippen molar-refractivity contribution in [2.75, 3.05) is 0 Å². The van der Waals surface area contributed by atoms with E-state index >= 15 is 0 Å². The number of aryl methyl sites for hydroxylation is 1. The summed E-state index contributed by atoms with van der Waals surface area (Å²) in [5, 5.41) is 6.58. The van der Waals surface area contributed by atoms with Crippen LogP contribution >= 0.6 is 11.8 Å². The fourth-order valence-corrected chi connectivity index (χ4v) is 2.91. The molecule has 1 heterocycles. The first-order valence-corrected chi connectivity index (χ1v) is 8.33. The van der Waals surface area contributed by atoms with Gasteiger partial charge < -0.3 is 9.84 Å². The first-order chi connectivity index (χ1) is 10.6. The second-order valence-electron chi connectivity index (χ2n) is 5.61. The molecule has 1 saturated carbocycles. The van der Waals surface area contributed by atoms with Gasteiger partial charge in [-0.1, -0.05) is 22.9 Å².